The average Bonchev–Trinajstić information content (AvgIpc) is 3.02. The highest BCUT2D eigenvalue weighted by atomic mass is 35.5. The van der Waals surface area contributed by atoms with E-state index >= 15 is 0 Å². The molecule has 0 heterocycles. The molecule has 1 unspecified atom stereocenters. The van der Waals surface area contributed by atoms with E-state index in [1.54, 1.807) is 0 Å². The number of benzene rings is 1. The Morgan fingerprint density at radius 2 is 2.06 bits per heavy atom. The van der Waals surface area contributed by atoms with Crippen LogP contribution in [0.5, 0.6) is 0 Å². The van der Waals surface area contributed by atoms with Gasteiger partial charge in [-0.15, -0.1) is 0 Å². The zero-order valence-electron chi connectivity index (χ0n) is 9.82. The van der Waals surface area contributed by atoms with Crippen molar-refractivity contribution in [3.63, 3.8) is 0 Å². The van der Waals surface area contributed by atoms with Crippen molar-refractivity contribution in [3.05, 3.63) is 34.9 Å². The van der Waals surface area contributed by atoms with Gasteiger partial charge in [0.15, 0.2) is 0 Å². The molecule has 1 aromatic carbocycles. The Kier molecular flexibility index (Phi) is 4.23. The van der Waals surface area contributed by atoms with Crippen LogP contribution in [0, 0.1) is 5.41 Å². The quantitative estimate of drug-likeness (QED) is 0.865. The molecule has 2 N–H and O–H groups in total. The van der Waals surface area contributed by atoms with Gasteiger partial charge in [-0.05, 0) is 42.9 Å². The summed E-state index contributed by atoms with van der Waals surface area (Å²) >= 11 is 6.06. The highest BCUT2D eigenvalue weighted by molar-refractivity contribution is 7.84. The monoisotopic (exact) mass is 271 g/mol. The third-order valence-corrected chi connectivity index (χ3v) is 5.31. The predicted molar refractivity (Wildman–Crippen MR) is 73.5 cm³/mol. The van der Waals surface area contributed by atoms with Gasteiger partial charge < -0.3 is 5.73 Å². The second kappa shape index (κ2) is 5.51. The molecule has 1 saturated carbocycles. The Hall–Kier alpha value is -0.380. The van der Waals surface area contributed by atoms with Crippen molar-refractivity contribution in [2.24, 2.45) is 11.1 Å². The first-order valence-corrected chi connectivity index (χ1v) is 7.80. The Bertz CT molecular complexity index is 418. The van der Waals surface area contributed by atoms with Gasteiger partial charge in [-0.2, -0.15) is 0 Å². The number of nitrogens with two attached hydrogens (primary N) is 1. The third kappa shape index (κ3) is 3.54. The molecule has 2 rings (SSSR count). The van der Waals surface area contributed by atoms with Gasteiger partial charge in [0.25, 0.3) is 0 Å². The van der Waals surface area contributed by atoms with Gasteiger partial charge in [0.05, 0.1) is 5.75 Å². The summed E-state index contributed by atoms with van der Waals surface area (Å²) in [7, 11) is -0.830. The number of hydrogen-bond acceptors (Lipinski definition) is 2. The Morgan fingerprint density at radius 3 is 2.65 bits per heavy atom. The van der Waals surface area contributed by atoms with Gasteiger partial charge in [-0.25, -0.2) is 0 Å². The minimum absolute atomic E-state index is 0.279. The Balaban J connectivity index is 1.92. The normalized spacial score (nSPS) is 18.9. The molecule has 94 valence electrons. The van der Waals surface area contributed by atoms with Gasteiger partial charge in [0.1, 0.15) is 0 Å². The maximum atomic E-state index is 12.1. The largest absolute Gasteiger partial charge is 0.330 e. The van der Waals surface area contributed by atoms with Crippen LogP contribution in [-0.4, -0.2) is 16.5 Å². The molecule has 4 heteroatoms. The lowest BCUT2D eigenvalue weighted by Gasteiger charge is -2.13. The van der Waals surface area contributed by atoms with Crippen molar-refractivity contribution in [2.45, 2.75) is 25.0 Å². The van der Waals surface area contributed by atoms with Crippen molar-refractivity contribution in [2.75, 3.05) is 12.3 Å². The molecule has 2 nitrogen and oxygen atoms in total. The minimum atomic E-state index is -0.830. The van der Waals surface area contributed by atoms with E-state index in [4.69, 9.17) is 17.3 Å². The standard InChI is InChI=1S/C13H18ClNOS/c14-12-4-2-1-3-11(12)9-17(16)10-13(5-6-13)7-8-15/h1-4H,5-10,15H2. The molecule has 0 aliphatic heterocycles. The lowest BCUT2D eigenvalue weighted by molar-refractivity contribution is 0.529. The second-order valence-electron chi connectivity index (χ2n) is 4.86. The van der Waals surface area contributed by atoms with E-state index < -0.39 is 10.8 Å². The van der Waals surface area contributed by atoms with Crippen molar-refractivity contribution >= 4 is 22.4 Å². The molecule has 0 amide bonds. The summed E-state index contributed by atoms with van der Waals surface area (Å²) in [6, 6.07) is 7.63. The van der Waals surface area contributed by atoms with E-state index in [-0.39, 0.29) is 5.41 Å². The second-order valence-corrected chi connectivity index (χ2v) is 6.72. The van der Waals surface area contributed by atoms with Gasteiger partial charge in [-0.1, -0.05) is 29.8 Å². The highest BCUT2D eigenvalue weighted by Gasteiger charge is 2.42. The van der Waals surface area contributed by atoms with Gasteiger partial charge >= 0.3 is 0 Å². The summed E-state index contributed by atoms with van der Waals surface area (Å²) in [6.07, 6.45) is 3.36. The molecule has 1 atom stereocenters. The van der Waals surface area contributed by atoms with Crippen LogP contribution >= 0.6 is 11.6 Å². The molecule has 1 aromatic rings. The van der Waals surface area contributed by atoms with Crippen LogP contribution in [-0.2, 0) is 16.6 Å². The van der Waals surface area contributed by atoms with E-state index in [1.807, 2.05) is 24.3 Å². The van der Waals surface area contributed by atoms with Crippen LogP contribution in [0.3, 0.4) is 0 Å². The van der Waals surface area contributed by atoms with Crippen LogP contribution in [0.4, 0.5) is 0 Å². The highest BCUT2D eigenvalue weighted by Crippen LogP contribution is 2.49. The molecule has 0 spiro atoms. The molecular formula is C13H18ClNOS. The molecule has 1 fully saturated rings. The maximum Gasteiger partial charge on any atom is 0.0500 e. The first-order chi connectivity index (χ1) is 8.15. The SMILES string of the molecule is NCCC1(CS(=O)Cc2ccccc2Cl)CC1. The fraction of sp³-hybridized carbons (Fsp3) is 0.538. The molecular weight excluding hydrogens is 254 g/mol. The van der Waals surface area contributed by atoms with Crippen molar-refractivity contribution in [1.82, 2.24) is 0 Å². The van der Waals surface area contributed by atoms with Crippen molar-refractivity contribution < 1.29 is 4.21 Å². The van der Waals surface area contributed by atoms with Crippen LogP contribution in [0.2, 0.25) is 5.02 Å². The van der Waals surface area contributed by atoms with Crippen LogP contribution in [0.25, 0.3) is 0 Å². The summed E-state index contributed by atoms with van der Waals surface area (Å²) in [6.45, 7) is 0.698. The predicted octanol–water partition coefficient (Wildman–Crippen LogP) is 2.72. The number of rotatable bonds is 6. The molecule has 0 radical (unpaired) electrons. The molecule has 17 heavy (non-hydrogen) atoms. The number of halogens is 1. The topological polar surface area (TPSA) is 43.1 Å². The molecule has 0 saturated heterocycles. The molecule has 1 aliphatic carbocycles. The van der Waals surface area contributed by atoms with E-state index in [2.05, 4.69) is 0 Å². The summed E-state index contributed by atoms with van der Waals surface area (Å²) in [5.41, 5.74) is 6.85. The summed E-state index contributed by atoms with van der Waals surface area (Å²) in [5, 5.41) is 0.713. The van der Waals surface area contributed by atoms with Crippen LogP contribution in [0.1, 0.15) is 24.8 Å². The summed E-state index contributed by atoms with van der Waals surface area (Å²) in [4.78, 5) is 0. The van der Waals surface area contributed by atoms with Crippen molar-refractivity contribution in [1.29, 1.82) is 0 Å². The lowest BCUT2D eigenvalue weighted by atomic mass is 10.1. The van der Waals surface area contributed by atoms with E-state index in [1.165, 1.54) is 12.8 Å². The maximum absolute atomic E-state index is 12.1. The smallest absolute Gasteiger partial charge is 0.0500 e. The lowest BCUT2D eigenvalue weighted by Crippen LogP contribution is -2.17. The summed E-state index contributed by atoms with van der Waals surface area (Å²) in [5.74, 6) is 1.33. The van der Waals surface area contributed by atoms with Crippen molar-refractivity contribution in [3.8, 4) is 0 Å². The Morgan fingerprint density at radius 1 is 1.35 bits per heavy atom. The first-order valence-electron chi connectivity index (χ1n) is 5.94. The van der Waals surface area contributed by atoms with E-state index in [0.29, 0.717) is 17.3 Å². The molecule has 1 aliphatic rings. The summed E-state index contributed by atoms with van der Waals surface area (Å²) < 4.78 is 12.1. The Labute approximate surface area is 110 Å². The van der Waals surface area contributed by atoms with Gasteiger partial charge in [0.2, 0.25) is 0 Å². The zero-order chi connectivity index (χ0) is 12.3. The number of hydrogen-bond donors (Lipinski definition) is 1. The molecule has 0 aromatic heterocycles. The van der Waals surface area contributed by atoms with E-state index in [9.17, 15) is 4.21 Å². The van der Waals surface area contributed by atoms with E-state index in [0.717, 1.165) is 17.7 Å². The minimum Gasteiger partial charge on any atom is -0.330 e. The first kappa shape index (κ1) is 13.1. The van der Waals surface area contributed by atoms with Gasteiger partial charge in [-0.3, -0.25) is 4.21 Å². The fourth-order valence-corrected chi connectivity index (χ4v) is 4.23. The third-order valence-electron chi connectivity index (χ3n) is 3.37. The fourth-order valence-electron chi connectivity index (χ4n) is 2.13. The zero-order valence-corrected chi connectivity index (χ0v) is 11.4. The van der Waals surface area contributed by atoms with Crippen LogP contribution < -0.4 is 5.73 Å². The average molecular weight is 272 g/mol. The molecule has 0 bridgehead atoms. The van der Waals surface area contributed by atoms with Gasteiger partial charge in [0, 0.05) is 21.6 Å². The van der Waals surface area contributed by atoms with Crippen LogP contribution in [0.15, 0.2) is 24.3 Å².